The molecule has 3 aromatic carbocycles. The van der Waals surface area contributed by atoms with E-state index in [1.54, 1.807) is 51.3 Å². The number of rotatable bonds is 10. The third-order valence-corrected chi connectivity index (χ3v) is 8.09. The van der Waals surface area contributed by atoms with Crippen molar-refractivity contribution in [2.24, 2.45) is 4.99 Å². The summed E-state index contributed by atoms with van der Waals surface area (Å²) >= 11 is 14.1. The molecule has 1 aliphatic heterocycles. The Morgan fingerprint density at radius 1 is 1.02 bits per heavy atom. The van der Waals surface area contributed by atoms with Gasteiger partial charge in [-0.1, -0.05) is 77.0 Å². The second-order valence-electron chi connectivity index (χ2n) is 9.37. The van der Waals surface area contributed by atoms with E-state index in [1.807, 2.05) is 42.5 Å². The predicted molar refractivity (Wildman–Crippen MR) is 167 cm³/mol. The van der Waals surface area contributed by atoms with Crippen LogP contribution in [-0.2, 0) is 9.53 Å². The van der Waals surface area contributed by atoms with Gasteiger partial charge in [0.15, 0.2) is 16.3 Å². The maximum Gasteiger partial charge on any atom is 0.338 e. The van der Waals surface area contributed by atoms with E-state index in [1.165, 1.54) is 15.9 Å². The first-order valence-corrected chi connectivity index (χ1v) is 15.0. The summed E-state index contributed by atoms with van der Waals surface area (Å²) in [6, 6.07) is 19.2. The fourth-order valence-electron chi connectivity index (χ4n) is 4.76. The van der Waals surface area contributed by atoms with Gasteiger partial charge in [-0.15, -0.1) is 0 Å². The predicted octanol–water partition coefficient (Wildman–Crippen LogP) is 5.57. The molecule has 0 unspecified atom stereocenters. The van der Waals surface area contributed by atoms with Crippen molar-refractivity contribution < 1.29 is 23.7 Å². The van der Waals surface area contributed by atoms with Crippen molar-refractivity contribution in [2.45, 2.75) is 19.9 Å². The first-order valence-electron chi connectivity index (χ1n) is 13.4. The van der Waals surface area contributed by atoms with Crippen LogP contribution in [0, 0.1) is 0 Å². The second kappa shape index (κ2) is 13.5. The minimum atomic E-state index is -0.704. The molecule has 0 spiro atoms. The molecular weight excluding hydrogens is 611 g/mol. The molecule has 8 nitrogen and oxygen atoms in total. The highest BCUT2D eigenvalue weighted by Gasteiger charge is 2.33. The van der Waals surface area contributed by atoms with Crippen LogP contribution in [0.3, 0.4) is 0 Å². The number of para-hydroxylation sites is 2. The Morgan fingerprint density at radius 3 is 2.44 bits per heavy atom. The number of benzene rings is 3. The molecule has 0 saturated heterocycles. The Hall–Kier alpha value is -4.05. The molecule has 0 N–H and O–H groups in total. The summed E-state index contributed by atoms with van der Waals surface area (Å²) in [6.07, 6.45) is 1.67. The minimum Gasteiger partial charge on any atom is -0.493 e. The molecule has 1 aliphatic rings. The van der Waals surface area contributed by atoms with Gasteiger partial charge in [0.25, 0.3) is 5.56 Å². The standard InChI is InChI=1S/C32H28Cl2N2O6S/c1-4-40-31(38)27-19(2)35-32-36(28(27)20-10-6-5-7-11-20)30(37)26(43-32)17-21-16-22(33)18-23(34)29(21)42-15-14-41-25-13-9-8-12-24(25)39-3/h5-13,16-18,28H,4,14-15H2,1-3H3/t28-/m0/s1. The number of carbonyl (C=O) groups is 1. The van der Waals surface area contributed by atoms with Gasteiger partial charge in [0.1, 0.15) is 19.0 Å². The summed E-state index contributed by atoms with van der Waals surface area (Å²) < 4.78 is 24.4. The number of hydrogen-bond acceptors (Lipinski definition) is 8. The third-order valence-electron chi connectivity index (χ3n) is 6.61. The van der Waals surface area contributed by atoms with Crippen molar-refractivity contribution in [3.63, 3.8) is 0 Å². The minimum absolute atomic E-state index is 0.164. The van der Waals surface area contributed by atoms with Crippen LogP contribution in [0.15, 0.2) is 87.8 Å². The Bertz CT molecular complexity index is 1870. The molecule has 1 atom stereocenters. The normalized spacial score (nSPS) is 14.6. The van der Waals surface area contributed by atoms with Gasteiger partial charge < -0.3 is 18.9 Å². The number of methoxy groups -OCH3 is 1. The van der Waals surface area contributed by atoms with Crippen molar-refractivity contribution in [3.05, 3.63) is 119 Å². The summed E-state index contributed by atoms with van der Waals surface area (Å²) in [5.41, 5.74) is 1.75. The monoisotopic (exact) mass is 638 g/mol. The smallest absolute Gasteiger partial charge is 0.338 e. The summed E-state index contributed by atoms with van der Waals surface area (Å²) in [7, 11) is 1.57. The number of thiazole rings is 1. The number of hydrogen-bond donors (Lipinski definition) is 0. The Labute approximate surface area is 262 Å². The zero-order valence-corrected chi connectivity index (χ0v) is 26.0. The molecule has 222 valence electrons. The topological polar surface area (TPSA) is 88.4 Å². The van der Waals surface area contributed by atoms with Gasteiger partial charge >= 0.3 is 5.97 Å². The molecule has 0 bridgehead atoms. The maximum atomic E-state index is 14.0. The molecule has 43 heavy (non-hydrogen) atoms. The van der Waals surface area contributed by atoms with Gasteiger partial charge in [0.05, 0.1) is 40.6 Å². The number of nitrogens with zero attached hydrogens (tertiary/aromatic N) is 2. The summed E-state index contributed by atoms with van der Waals surface area (Å²) in [6.45, 7) is 4.06. The molecular formula is C32H28Cl2N2O6S. The SMILES string of the molecule is CCOC(=O)C1=C(C)N=c2sc(=Cc3cc(Cl)cc(Cl)c3OCCOc3ccccc3OC)c(=O)n2[C@H]1c1ccccc1. The highest BCUT2D eigenvalue weighted by molar-refractivity contribution is 7.07. The molecule has 1 aromatic heterocycles. The molecule has 11 heteroatoms. The average Bonchev–Trinajstić information content (AvgIpc) is 3.30. The number of allylic oxidation sites excluding steroid dienone is 1. The lowest BCUT2D eigenvalue weighted by Gasteiger charge is -2.24. The molecule has 0 radical (unpaired) electrons. The van der Waals surface area contributed by atoms with E-state index in [0.717, 1.165) is 5.56 Å². The zero-order chi connectivity index (χ0) is 30.5. The van der Waals surface area contributed by atoms with E-state index in [0.29, 0.717) is 48.4 Å². The van der Waals surface area contributed by atoms with E-state index < -0.39 is 12.0 Å². The van der Waals surface area contributed by atoms with Crippen molar-refractivity contribution in [1.29, 1.82) is 0 Å². The van der Waals surface area contributed by atoms with Crippen LogP contribution in [0.1, 0.15) is 31.0 Å². The number of halogens is 2. The molecule has 0 saturated carbocycles. The number of fused-ring (bicyclic) bond motifs is 1. The van der Waals surface area contributed by atoms with E-state index >= 15 is 0 Å². The number of esters is 1. The van der Waals surface area contributed by atoms with Gasteiger partial charge in [-0.05, 0) is 49.8 Å². The van der Waals surface area contributed by atoms with E-state index in [2.05, 4.69) is 4.99 Å². The van der Waals surface area contributed by atoms with Crippen LogP contribution < -0.4 is 29.1 Å². The van der Waals surface area contributed by atoms with Crippen molar-refractivity contribution in [2.75, 3.05) is 26.9 Å². The first-order chi connectivity index (χ1) is 20.8. The Balaban J connectivity index is 1.52. The lowest BCUT2D eigenvalue weighted by molar-refractivity contribution is -0.139. The molecule has 0 aliphatic carbocycles. The summed E-state index contributed by atoms with van der Waals surface area (Å²) in [4.78, 5) is 32.1. The van der Waals surface area contributed by atoms with Crippen molar-refractivity contribution in [3.8, 4) is 17.2 Å². The summed E-state index contributed by atoms with van der Waals surface area (Å²) in [5.74, 6) is 1.03. The second-order valence-corrected chi connectivity index (χ2v) is 11.2. The van der Waals surface area contributed by atoms with Gasteiger partial charge in [-0.3, -0.25) is 9.36 Å². The van der Waals surface area contributed by atoms with Crippen molar-refractivity contribution >= 4 is 46.6 Å². The third kappa shape index (κ3) is 6.49. The number of ether oxygens (including phenoxy) is 4. The van der Waals surface area contributed by atoms with Gasteiger partial charge in [-0.25, -0.2) is 9.79 Å². The molecule has 0 fully saturated rings. The van der Waals surface area contributed by atoms with Gasteiger partial charge in [0, 0.05) is 10.6 Å². The van der Waals surface area contributed by atoms with Crippen LogP contribution in [0.2, 0.25) is 10.0 Å². The van der Waals surface area contributed by atoms with Crippen LogP contribution in [0.5, 0.6) is 17.2 Å². The Kier molecular flexibility index (Phi) is 9.55. The summed E-state index contributed by atoms with van der Waals surface area (Å²) in [5, 5.41) is 0.663. The molecule has 4 aromatic rings. The molecule has 2 heterocycles. The maximum absolute atomic E-state index is 14.0. The lowest BCUT2D eigenvalue weighted by Crippen LogP contribution is -2.39. The van der Waals surface area contributed by atoms with E-state index in [-0.39, 0.29) is 30.4 Å². The fourth-order valence-corrected chi connectivity index (χ4v) is 6.36. The Morgan fingerprint density at radius 2 is 1.72 bits per heavy atom. The first kappa shape index (κ1) is 30.4. The highest BCUT2D eigenvalue weighted by atomic mass is 35.5. The largest absolute Gasteiger partial charge is 0.493 e. The number of carbonyl (C=O) groups excluding carboxylic acids is 1. The van der Waals surface area contributed by atoms with Crippen molar-refractivity contribution in [1.82, 2.24) is 4.57 Å². The van der Waals surface area contributed by atoms with Crippen LogP contribution in [-0.4, -0.2) is 37.5 Å². The highest BCUT2D eigenvalue weighted by Crippen LogP contribution is 2.34. The quantitative estimate of drug-likeness (QED) is 0.167. The van der Waals surface area contributed by atoms with Crippen LogP contribution >= 0.6 is 34.5 Å². The number of aromatic nitrogens is 1. The van der Waals surface area contributed by atoms with Gasteiger partial charge in [0.2, 0.25) is 0 Å². The molecule has 0 amide bonds. The molecule has 5 rings (SSSR count). The lowest BCUT2D eigenvalue weighted by atomic mass is 9.96. The van der Waals surface area contributed by atoms with Crippen LogP contribution in [0.25, 0.3) is 6.08 Å². The van der Waals surface area contributed by atoms with Crippen LogP contribution in [0.4, 0.5) is 0 Å². The van der Waals surface area contributed by atoms with Gasteiger partial charge in [-0.2, -0.15) is 0 Å². The fraction of sp³-hybridized carbons (Fsp3) is 0.219. The van der Waals surface area contributed by atoms with E-state index in [4.69, 9.17) is 42.1 Å². The zero-order valence-electron chi connectivity index (χ0n) is 23.6. The average molecular weight is 640 g/mol. The van der Waals surface area contributed by atoms with E-state index in [9.17, 15) is 9.59 Å².